The summed E-state index contributed by atoms with van der Waals surface area (Å²) < 4.78 is 0. The van der Waals surface area contributed by atoms with Gasteiger partial charge in [-0.05, 0) is 41.7 Å². The van der Waals surface area contributed by atoms with E-state index in [0.717, 1.165) is 11.3 Å². The zero-order valence-electron chi connectivity index (χ0n) is 13.0. The third-order valence-electron chi connectivity index (χ3n) is 4.55. The summed E-state index contributed by atoms with van der Waals surface area (Å²) in [7, 11) is 0. The molecule has 0 aliphatic heterocycles. The molecule has 1 fully saturated rings. The minimum absolute atomic E-state index is 0.164. The first-order chi connectivity index (χ1) is 10.7. The molecule has 2 aromatic carbocycles. The van der Waals surface area contributed by atoms with Crippen LogP contribution >= 0.6 is 11.8 Å². The van der Waals surface area contributed by atoms with Gasteiger partial charge in [0.25, 0.3) is 0 Å². The Kier molecular flexibility index (Phi) is 5.04. The molecule has 0 bridgehead atoms. The molecular weight excluding hydrogens is 290 g/mol. The number of fused-ring (bicyclic) bond motifs is 1. The lowest BCUT2D eigenvalue weighted by Crippen LogP contribution is -2.41. The van der Waals surface area contributed by atoms with E-state index in [2.05, 4.69) is 42.6 Å². The minimum atomic E-state index is 0.164. The van der Waals surface area contributed by atoms with Gasteiger partial charge in [-0.2, -0.15) is 0 Å². The van der Waals surface area contributed by atoms with Crippen LogP contribution in [0, 0.1) is 5.92 Å². The van der Waals surface area contributed by atoms with Crippen molar-refractivity contribution in [1.82, 2.24) is 5.32 Å². The molecule has 3 rings (SSSR count). The van der Waals surface area contributed by atoms with Crippen molar-refractivity contribution in [3.05, 3.63) is 42.5 Å². The first-order valence-corrected chi connectivity index (χ1v) is 9.12. The summed E-state index contributed by atoms with van der Waals surface area (Å²) in [6, 6.07) is 15.1. The molecule has 22 heavy (non-hydrogen) atoms. The average molecular weight is 313 g/mol. The summed E-state index contributed by atoms with van der Waals surface area (Å²) >= 11 is 1.62. The number of hydrogen-bond acceptors (Lipinski definition) is 2. The summed E-state index contributed by atoms with van der Waals surface area (Å²) in [4.78, 5) is 13.3. The van der Waals surface area contributed by atoms with Gasteiger partial charge >= 0.3 is 0 Å². The van der Waals surface area contributed by atoms with Gasteiger partial charge in [-0.1, -0.05) is 50.1 Å². The van der Waals surface area contributed by atoms with Crippen LogP contribution < -0.4 is 5.32 Å². The maximum absolute atomic E-state index is 12.2. The molecule has 116 valence electrons. The van der Waals surface area contributed by atoms with E-state index >= 15 is 0 Å². The monoisotopic (exact) mass is 313 g/mol. The summed E-state index contributed by atoms with van der Waals surface area (Å²) in [5, 5.41) is 5.69. The Morgan fingerprint density at radius 2 is 1.91 bits per heavy atom. The van der Waals surface area contributed by atoms with E-state index in [4.69, 9.17) is 0 Å². The second-order valence-electron chi connectivity index (χ2n) is 6.23. The van der Waals surface area contributed by atoms with Crippen LogP contribution in [0.25, 0.3) is 10.8 Å². The molecule has 1 amide bonds. The fraction of sp³-hybridized carbons (Fsp3) is 0.421. The van der Waals surface area contributed by atoms with Gasteiger partial charge in [-0.15, -0.1) is 11.8 Å². The zero-order chi connectivity index (χ0) is 15.4. The molecule has 1 N–H and O–H groups in total. The highest BCUT2D eigenvalue weighted by Crippen LogP contribution is 2.25. The third kappa shape index (κ3) is 3.83. The predicted molar refractivity (Wildman–Crippen MR) is 94.2 cm³/mol. The minimum Gasteiger partial charge on any atom is -0.352 e. The van der Waals surface area contributed by atoms with Crippen LogP contribution in [0.4, 0.5) is 0 Å². The van der Waals surface area contributed by atoms with Crippen molar-refractivity contribution in [3.8, 4) is 0 Å². The van der Waals surface area contributed by atoms with Crippen LogP contribution in [-0.2, 0) is 4.79 Å². The van der Waals surface area contributed by atoms with Gasteiger partial charge in [0.05, 0.1) is 5.75 Å². The van der Waals surface area contributed by atoms with Crippen molar-refractivity contribution in [2.75, 3.05) is 5.75 Å². The topological polar surface area (TPSA) is 29.1 Å². The van der Waals surface area contributed by atoms with Crippen LogP contribution in [-0.4, -0.2) is 17.7 Å². The van der Waals surface area contributed by atoms with Gasteiger partial charge in [0.15, 0.2) is 0 Å². The predicted octanol–water partition coefficient (Wildman–Crippen LogP) is 4.63. The molecule has 2 aromatic rings. The summed E-state index contributed by atoms with van der Waals surface area (Å²) in [6.45, 7) is 2.25. The third-order valence-corrected chi connectivity index (χ3v) is 5.54. The Balaban J connectivity index is 1.55. The Bertz CT molecular complexity index is 655. The van der Waals surface area contributed by atoms with Crippen LogP contribution in [0.15, 0.2) is 47.4 Å². The lowest BCUT2D eigenvalue weighted by atomic mass is 9.86. The van der Waals surface area contributed by atoms with Crippen molar-refractivity contribution in [2.45, 2.75) is 43.5 Å². The van der Waals surface area contributed by atoms with Crippen molar-refractivity contribution in [1.29, 1.82) is 0 Å². The average Bonchev–Trinajstić information content (AvgIpc) is 2.55. The van der Waals surface area contributed by atoms with E-state index in [0.29, 0.717) is 17.7 Å². The van der Waals surface area contributed by atoms with Crippen molar-refractivity contribution < 1.29 is 4.79 Å². The van der Waals surface area contributed by atoms with Crippen LogP contribution in [0.3, 0.4) is 0 Å². The molecule has 1 aliphatic rings. The lowest BCUT2D eigenvalue weighted by molar-refractivity contribution is -0.119. The number of thioether (sulfide) groups is 1. The summed E-state index contributed by atoms with van der Waals surface area (Å²) in [5.74, 6) is 1.28. The van der Waals surface area contributed by atoms with Gasteiger partial charge < -0.3 is 5.32 Å². The Morgan fingerprint density at radius 3 is 2.73 bits per heavy atom. The van der Waals surface area contributed by atoms with E-state index in [1.54, 1.807) is 11.8 Å². The van der Waals surface area contributed by atoms with Crippen molar-refractivity contribution in [3.63, 3.8) is 0 Å². The number of rotatable bonds is 4. The molecule has 1 saturated carbocycles. The molecule has 2 nitrogen and oxygen atoms in total. The summed E-state index contributed by atoms with van der Waals surface area (Å²) in [5.41, 5.74) is 0. The fourth-order valence-electron chi connectivity index (χ4n) is 3.19. The number of hydrogen-bond donors (Lipinski definition) is 1. The number of benzene rings is 2. The van der Waals surface area contributed by atoms with Gasteiger partial charge in [0.2, 0.25) is 5.91 Å². The Morgan fingerprint density at radius 1 is 1.14 bits per heavy atom. The quantitative estimate of drug-likeness (QED) is 0.834. The highest BCUT2D eigenvalue weighted by Gasteiger charge is 2.22. The maximum atomic E-state index is 12.2. The highest BCUT2D eigenvalue weighted by molar-refractivity contribution is 8.00. The molecule has 1 aliphatic carbocycles. The van der Waals surface area contributed by atoms with Crippen molar-refractivity contribution in [2.24, 2.45) is 5.92 Å². The van der Waals surface area contributed by atoms with Gasteiger partial charge in [-0.25, -0.2) is 0 Å². The molecular formula is C19H23NOS. The molecule has 0 radical (unpaired) electrons. The highest BCUT2D eigenvalue weighted by atomic mass is 32.2. The van der Waals surface area contributed by atoms with Crippen LogP contribution in [0.1, 0.15) is 32.6 Å². The molecule has 2 atom stereocenters. The van der Waals surface area contributed by atoms with Gasteiger partial charge in [0, 0.05) is 10.9 Å². The van der Waals surface area contributed by atoms with E-state index in [1.165, 1.54) is 30.0 Å². The number of carbonyl (C=O) groups is 1. The zero-order valence-corrected chi connectivity index (χ0v) is 13.9. The van der Waals surface area contributed by atoms with Gasteiger partial charge in [0.1, 0.15) is 0 Å². The number of amides is 1. The second kappa shape index (κ2) is 7.19. The Labute approximate surface area is 136 Å². The first-order valence-electron chi connectivity index (χ1n) is 8.13. The molecule has 0 saturated heterocycles. The van der Waals surface area contributed by atoms with E-state index in [1.807, 2.05) is 12.1 Å². The van der Waals surface area contributed by atoms with Gasteiger partial charge in [-0.3, -0.25) is 4.79 Å². The SMILES string of the molecule is C[C@@H]1CCCC[C@H]1NC(=O)CSc1ccc2ccccc2c1. The smallest absolute Gasteiger partial charge is 0.230 e. The maximum Gasteiger partial charge on any atom is 0.230 e. The largest absolute Gasteiger partial charge is 0.352 e. The molecule has 3 heteroatoms. The first kappa shape index (κ1) is 15.4. The van der Waals surface area contributed by atoms with Crippen LogP contribution in [0.5, 0.6) is 0 Å². The molecule has 0 aromatic heterocycles. The molecule has 0 heterocycles. The lowest BCUT2D eigenvalue weighted by Gasteiger charge is -2.29. The Hall–Kier alpha value is -1.48. The molecule has 0 unspecified atom stereocenters. The fourth-order valence-corrected chi connectivity index (χ4v) is 3.94. The van der Waals surface area contributed by atoms with E-state index < -0.39 is 0 Å². The van der Waals surface area contributed by atoms with Crippen LogP contribution in [0.2, 0.25) is 0 Å². The van der Waals surface area contributed by atoms with Crippen molar-refractivity contribution >= 4 is 28.4 Å². The second-order valence-corrected chi connectivity index (χ2v) is 7.28. The van der Waals surface area contributed by atoms with E-state index in [-0.39, 0.29) is 5.91 Å². The summed E-state index contributed by atoms with van der Waals surface area (Å²) in [6.07, 6.45) is 4.92. The number of nitrogens with one attached hydrogen (secondary N) is 1. The molecule has 0 spiro atoms. The normalized spacial score (nSPS) is 21.7. The van der Waals surface area contributed by atoms with E-state index in [9.17, 15) is 4.79 Å². The standard InChI is InChI=1S/C19H23NOS/c1-14-6-2-5-9-18(14)20-19(21)13-22-17-11-10-15-7-3-4-8-16(15)12-17/h3-4,7-8,10-12,14,18H,2,5-6,9,13H2,1H3,(H,20,21)/t14-,18-/m1/s1. The number of carbonyl (C=O) groups excluding carboxylic acids is 1.